The van der Waals surface area contributed by atoms with E-state index in [2.05, 4.69) is 194 Å². The number of rotatable bonds is 5. The standard InChI is InChI=1S/C50H32O/c1-3-15-33(16-4-1)38-21-7-8-22-39(38)37-20-13-19-35(31-37)36-29-30-44-47(32-36)51-46-28-14-27-45(50(44)46)49-42-25-11-9-23-40(42)48(34-17-5-2-6-18-34)41-24-10-12-26-43(41)49/h1-32H. The van der Waals surface area contributed by atoms with Gasteiger partial charge in [0.05, 0.1) is 0 Å². The molecule has 0 fully saturated rings. The molecule has 0 N–H and O–H groups in total. The summed E-state index contributed by atoms with van der Waals surface area (Å²) < 4.78 is 6.69. The van der Waals surface area contributed by atoms with E-state index in [-0.39, 0.29) is 0 Å². The van der Waals surface area contributed by atoms with Gasteiger partial charge in [0.2, 0.25) is 0 Å². The Kier molecular flexibility index (Phi) is 6.89. The molecule has 0 aliphatic heterocycles. The molecule has 0 aliphatic rings. The quantitative estimate of drug-likeness (QED) is 0.169. The predicted molar refractivity (Wildman–Crippen MR) is 216 cm³/mol. The van der Waals surface area contributed by atoms with E-state index in [4.69, 9.17) is 4.42 Å². The smallest absolute Gasteiger partial charge is 0.136 e. The lowest BCUT2D eigenvalue weighted by Crippen LogP contribution is -1.91. The molecular formula is C50H32O. The van der Waals surface area contributed by atoms with Crippen LogP contribution in [0.15, 0.2) is 199 Å². The maximum absolute atomic E-state index is 6.69. The number of benzene rings is 9. The van der Waals surface area contributed by atoms with Crippen molar-refractivity contribution in [2.75, 3.05) is 0 Å². The molecule has 238 valence electrons. The van der Waals surface area contributed by atoms with Crippen LogP contribution in [0.4, 0.5) is 0 Å². The van der Waals surface area contributed by atoms with E-state index in [0.717, 1.165) is 33.1 Å². The van der Waals surface area contributed by atoms with Crippen molar-refractivity contribution in [1.29, 1.82) is 0 Å². The molecule has 10 rings (SSSR count). The van der Waals surface area contributed by atoms with Crippen LogP contribution in [0.3, 0.4) is 0 Å². The van der Waals surface area contributed by atoms with E-state index < -0.39 is 0 Å². The first-order valence-corrected chi connectivity index (χ1v) is 17.5. The average molecular weight is 649 g/mol. The zero-order chi connectivity index (χ0) is 33.7. The Hall–Kier alpha value is -6.70. The third-order valence-corrected chi connectivity index (χ3v) is 10.3. The molecule has 0 amide bonds. The second kappa shape index (κ2) is 12.0. The van der Waals surface area contributed by atoms with Crippen molar-refractivity contribution in [3.63, 3.8) is 0 Å². The van der Waals surface area contributed by atoms with Crippen LogP contribution in [0.2, 0.25) is 0 Å². The molecule has 10 aromatic rings. The first-order chi connectivity index (χ1) is 25.3. The van der Waals surface area contributed by atoms with Crippen LogP contribution < -0.4 is 0 Å². The summed E-state index contributed by atoms with van der Waals surface area (Å²) in [7, 11) is 0. The zero-order valence-corrected chi connectivity index (χ0v) is 27.9. The highest BCUT2D eigenvalue weighted by molar-refractivity contribution is 6.25. The lowest BCUT2D eigenvalue weighted by atomic mass is 9.85. The molecule has 0 bridgehead atoms. The predicted octanol–water partition coefficient (Wildman–Crippen LogP) is 14.2. The molecule has 0 atom stereocenters. The third kappa shape index (κ3) is 4.86. The van der Waals surface area contributed by atoms with Gasteiger partial charge in [0.15, 0.2) is 0 Å². The van der Waals surface area contributed by atoms with Crippen molar-refractivity contribution in [1.82, 2.24) is 0 Å². The molecule has 0 unspecified atom stereocenters. The first-order valence-electron chi connectivity index (χ1n) is 17.5. The fourth-order valence-corrected chi connectivity index (χ4v) is 8.02. The molecule has 1 aromatic heterocycles. The minimum Gasteiger partial charge on any atom is -0.456 e. The lowest BCUT2D eigenvalue weighted by Gasteiger charge is -2.18. The van der Waals surface area contributed by atoms with Crippen LogP contribution in [0, 0.1) is 0 Å². The fraction of sp³-hybridized carbons (Fsp3) is 0. The molecule has 0 saturated heterocycles. The number of furan rings is 1. The Labute approximate surface area is 296 Å². The van der Waals surface area contributed by atoms with Crippen molar-refractivity contribution < 1.29 is 4.42 Å². The zero-order valence-electron chi connectivity index (χ0n) is 27.9. The molecule has 9 aromatic carbocycles. The van der Waals surface area contributed by atoms with Gasteiger partial charge in [-0.1, -0.05) is 170 Å². The maximum Gasteiger partial charge on any atom is 0.136 e. The summed E-state index contributed by atoms with van der Waals surface area (Å²) in [5, 5.41) is 7.24. The van der Waals surface area contributed by atoms with Gasteiger partial charge in [-0.15, -0.1) is 0 Å². The highest BCUT2D eigenvalue weighted by Gasteiger charge is 2.20. The molecule has 1 nitrogen and oxygen atoms in total. The largest absolute Gasteiger partial charge is 0.456 e. The van der Waals surface area contributed by atoms with Gasteiger partial charge in [0, 0.05) is 10.8 Å². The lowest BCUT2D eigenvalue weighted by molar-refractivity contribution is 0.669. The van der Waals surface area contributed by atoms with Gasteiger partial charge < -0.3 is 4.42 Å². The van der Waals surface area contributed by atoms with Crippen molar-refractivity contribution in [3.8, 4) is 55.6 Å². The Morgan fingerprint density at radius 3 is 1.43 bits per heavy atom. The highest BCUT2D eigenvalue weighted by atomic mass is 16.3. The van der Waals surface area contributed by atoms with Crippen LogP contribution in [0.25, 0.3) is 99.1 Å². The topological polar surface area (TPSA) is 13.1 Å². The Bertz CT molecular complexity index is 2840. The number of fused-ring (bicyclic) bond motifs is 5. The average Bonchev–Trinajstić information content (AvgIpc) is 3.59. The summed E-state index contributed by atoms with van der Waals surface area (Å²) in [6.07, 6.45) is 0. The summed E-state index contributed by atoms with van der Waals surface area (Å²) in [5.74, 6) is 0. The summed E-state index contributed by atoms with van der Waals surface area (Å²) in [6.45, 7) is 0. The van der Waals surface area contributed by atoms with E-state index in [0.29, 0.717) is 0 Å². The molecule has 1 heterocycles. The minimum atomic E-state index is 0.888. The molecule has 51 heavy (non-hydrogen) atoms. The van der Waals surface area contributed by atoms with E-state index >= 15 is 0 Å². The SMILES string of the molecule is c1ccc(-c2ccccc2-c2cccc(-c3ccc4c(c3)oc3cccc(-c5c6ccccc6c(-c6ccccc6)c6ccccc56)c34)c2)cc1. The summed E-state index contributed by atoms with van der Waals surface area (Å²) in [5.41, 5.74) is 13.8. The number of hydrogen-bond acceptors (Lipinski definition) is 1. The normalized spacial score (nSPS) is 11.5. The number of hydrogen-bond donors (Lipinski definition) is 0. The van der Waals surface area contributed by atoms with Gasteiger partial charge in [-0.2, -0.15) is 0 Å². The van der Waals surface area contributed by atoms with Crippen molar-refractivity contribution >= 4 is 43.5 Å². The van der Waals surface area contributed by atoms with Crippen LogP contribution in [-0.4, -0.2) is 0 Å². The summed E-state index contributed by atoms with van der Waals surface area (Å²) in [6, 6.07) is 69.7. The Balaban J connectivity index is 1.15. The second-order valence-corrected chi connectivity index (χ2v) is 13.2. The molecule has 0 spiro atoms. The second-order valence-electron chi connectivity index (χ2n) is 13.2. The third-order valence-electron chi connectivity index (χ3n) is 10.3. The minimum absolute atomic E-state index is 0.888. The summed E-state index contributed by atoms with van der Waals surface area (Å²) in [4.78, 5) is 0. The Morgan fingerprint density at radius 2 is 0.745 bits per heavy atom. The van der Waals surface area contributed by atoms with Gasteiger partial charge in [0.1, 0.15) is 11.2 Å². The monoisotopic (exact) mass is 648 g/mol. The summed E-state index contributed by atoms with van der Waals surface area (Å²) >= 11 is 0. The van der Waals surface area contributed by atoms with Crippen LogP contribution in [0.1, 0.15) is 0 Å². The van der Waals surface area contributed by atoms with Gasteiger partial charge in [0.25, 0.3) is 0 Å². The van der Waals surface area contributed by atoms with Crippen molar-refractivity contribution in [2.45, 2.75) is 0 Å². The van der Waals surface area contributed by atoms with Crippen LogP contribution in [-0.2, 0) is 0 Å². The highest BCUT2D eigenvalue weighted by Crippen LogP contribution is 2.47. The Morgan fingerprint density at radius 1 is 0.255 bits per heavy atom. The molecule has 0 radical (unpaired) electrons. The first kappa shape index (κ1) is 29.2. The van der Waals surface area contributed by atoms with Crippen molar-refractivity contribution in [2.24, 2.45) is 0 Å². The van der Waals surface area contributed by atoms with E-state index in [1.54, 1.807) is 0 Å². The maximum atomic E-state index is 6.69. The van der Waals surface area contributed by atoms with Crippen LogP contribution >= 0.6 is 0 Å². The van der Waals surface area contributed by atoms with E-state index in [9.17, 15) is 0 Å². The molecule has 0 aliphatic carbocycles. The van der Waals surface area contributed by atoms with E-state index in [1.807, 2.05) is 0 Å². The van der Waals surface area contributed by atoms with Crippen molar-refractivity contribution in [3.05, 3.63) is 194 Å². The van der Waals surface area contributed by atoms with Gasteiger partial charge >= 0.3 is 0 Å². The van der Waals surface area contributed by atoms with E-state index in [1.165, 1.54) is 66.1 Å². The van der Waals surface area contributed by atoms with Crippen LogP contribution in [0.5, 0.6) is 0 Å². The van der Waals surface area contributed by atoms with Gasteiger partial charge in [-0.05, 0) is 101 Å². The van der Waals surface area contributed by atoms with Gasteiger partial charge in [-0.3, -0.25) is 0 Å². The molecular weight excluding hydrogens is 617 g/mol. The molecule has 0 saturated carbocycles. The fourth-order valence-electron chi connectivity index (χ4n) is 8.02. The van der Waals surface area contributed by atoms with Gasteiger partial charge in [-0.25, -0.2) is 0 Å². The molecule has 1 heteroatoms.